The SMILES string of the molecule is CCC(c1ccccc1)C(O)C1CCCCCC1. The minimum atomic E-state index is -0.157. The Morgan fingerprint density at radius 2 is 1.67 bits per heavy atom. The first-order valence-electron chi connectivity index (χ1n) is 7.56. The molecule has 0 aliphatic heterocycles. The van der Waals surface area contributed by atoms with Crippen LogP contribution in [0, 0.1) is 5.92 Å². The standard InChI is InChI=1S/C17H26O/c1-2-16(14-10-8-5-9-11-14)17(18)15-12-6-3-4-7-13-15/h5,8-11,15-18H,2-4,6-7,12-13H2,1H3. The molecule has 1 aliphatic carbocycles. The Labute approximate surface area is 111 Å². The quantitative estimate of drug-likeness (QED) is 0.775. The van der Waals surface area contributed by atoms with E-state index in [4.69, 9.17) is 0 Å². The van der Waals surface area contributed by atoms with Gasteiger partial charge in [-0.05, 0) is 30.7 Å². The normalized spacial score (nSPS) is 21.2. The van der Waals surface area contributed by atoms with Gasteiger partial charge in [-0.2, -0.15) is 0 Å². The van der Waals surface area contributed by atoms with Gasteiger partial charge in [0, 0.05) is 5.92 Å². The van der Waals surface area contributed by atoms with Crippen molar-refractivity contribution in [2.24, 2.45) is 5.92 Å². The number of rotatable bonds is 4. The first-order chi connectivity index (χ1) is 8.83. The van der Waals surface area contributed by atoms with Crippen LogP contribution in [-0.4, -0.2) is 11.2 Å². The predicted molar refractivity (Wildman–Crippen MR) is 76.7 cm³/mol. The molecule has 1 saturated carbocycles. The summed E-state index contributed by atoms with van der Waals surface area (Å²) >= 11 is 0. The molecule has 2 rings (SSSR count). The van der Waals surface area contributed by atoms with Crippen molar-refractivity contribution in [3.05, 3.63) is 35.9 Å². The fourth-order valence-electron chi connectivity index (χ4n) is 3.36. The van der Waals surface area contributed by atoms with Crippen molar-refractivity contribution in [2.45, 2.75) is 63.9 Å². The second kappa shape index (κ2) is 6.94. The monoisotopic (exact) mass is 246 g/mol. The molecule has 18 heavy (non-hydrogen) atoms. The molecule has 2 atom stereocenters. The third-order valence-electron chi connectivity index (χ3n) is 4.46. The van der Waals surface area contributed by atoms with Crippen LogP contribution in [0.1, 0.15) is 63.4 Å². The van der Waals surface area contributed by atoms with Gasteiger partial charge in [-0.25, -0.2) is 0 Å². The van der Waals surface area contributed by atoms with Crippen LogP contribution in [0.15, 0.2) is 30.3 Å². The van der Waals surface area contributed by atoms with Crippen molar-refractivity contribution >= 4 is 0 Å². The summed E-state index contributed by atoms with van der Waals surface area (Å²) in [5.41, 5.74) is 1.30. The van der Waals surface area contributed by atoms with Gasteiger partial charge in [-0.1, -0.05) is 62.9 Å². The summed E-state index contributed by atoms with van der Waals surface area (Å²) in [5.74, 6) is 0.826. The maximum Gasteiger partial charge on any atom is 0.0636 e. The van der Waals surface area contributed by atoms with Gasteiger partial charge < -0.3 is 5.11 Å². The van der Waals surface area contributed by atoms with Crippen LogP contribution in [0.25, 0.3) is 0 Å². The lowest BCUT2D eigenvalue weighted by Gasteiger charge is -2.29. The fourth-order valence-corrected chi connectivity index (χ4v) is 3.36. The van der Waals surface area contributed by atoms with Crippen LogP contribution in [0.2, 0.25) is 0 Å². The molecule has 0 radical (unpaired) electrons. The molecular weight excluding hydrogens is 220 g/mol. The zero-order valence-corrected chi connectivity index (χ0v) is 11.5. The number of hydrogen-bond acceptors (Lipinski definition) is 1. The maximum absolute atomic E-state index is 10.7. The molecule has 0 bridgehead atoms. The summed E-state index contributed by atoms with van der Waals surface area (Å²) in [7, 11) is 0. The molecule has 0 aromatic heterocycles. The molecule has 1 aliphatic rings. The topological polar surface area (TPSA) is 20.2 Å². The third kappa shape index (κ3) is 3.35. The first-order valence-corrected chi connectivity index (χ1v) is 7.56. The Kier molecular flexibility index (Phi) is 5.25. The van der Waals surface area contributed by atoms with Gasteiger partial charge in [0.2, 0.25) is 0 Å². The molecule has 0 saturated heterocycles. The van der Waals surface area contributed by atoms with Gasteiger partial charge in [-0.15, -0.1) is 0 Å². The first kappa shape index (κ1) is 13.6. The van der Waals surface area contributed by atoms with Crippen molar-refractivity contribution in [3.8, 4) is 0 Å². The lowest BCUT2D eigenvalue weighted by molar-refractivity contribution is 0.0704. The molecule has 1 aromatic carbocycles. The molecule has 100 valence electrons. The average Bonchev–Trinajstić information content (AvgIpc) is 2.69. The average molecular weight is 246 g/mol. The number of benzene rings is 1. The highest BCUT2D eigenvalue weighted by atomic mass is 16.3. The summed E-state index contributed by atoms with van der Waals surface area (Å²) in [5, 5.41) is 10.7. The zero-order chi connectivity index (χ0) is 12.8. The summed E-state index contributed by atoms with van der Waals surface area (Å²) in [6, 6.07) is 10.5. The van der Waals surface area contributed by atoms with E-state index in [1.165, 1.54) is 44.1 Å². The summed E-state index contributed by atoms with van der Waals surface area (Å²) in [6.07, 6.45) is 8.60. The van der Waals surface area contributed by atoms with E-state index in [0.717, 1.165) is 6.42 Å². The van der Waals surface area contributed by atoms with Crippen LogP contribution in [0.4, 0.5) is 0 Å². The summed E-state index contributed by atoms with van der Waals surface area (Å²) < 4.78 is 0. The Morgan fingerprint density at radius 3 is 2.22 bits per heavy atom. The van der Waals surface area contributed by atoms with Crippen LogP contribution < -0.4 is 0 Å². The van der Waals surface area contributed by atoms with E-state index >= 15 is 0 Å². The molecule has 0 heterocycles. The van der Waals surface area contributed by atoms with Crippen molar-refractivity contribution in [1.82, 2.24) is 0 Å². The lowest BCUT2D eigenvalue weighted by Crippen LogP contribution is -2.27. The van der Waals surface area contributed by atoms with Gasteiger partial charge in [0.05, 0.1) is 6.10 Å². The minimum Gasteiger partial charge on any atom is -0.392 e. The van der Waals surface area contributed by atoms with E-state index in [9.17, 15) is 5.11 Å². The van der Waals surface area contributed by atoms with Gasteiger partial charge in [0.25, 0.3) is 0 Å². The third-order valence-corrected chi connectivity index (χ3v) is 4.46. The molecule has 1 nitrogen and oxygen atoms in total. The smallest absolute Gasteiger partial charge is 0.0636 e. The van der Waals surface area contributed by atoms with Crippen molar-refractivity contribution in [2.75, 3.05) is 0 Å². The van der Waals surface area contributed by atoms with Crippen LogP contribution in [0.3, 0.4) is 0 Å². The van der Waals surface area contributed by atoms with E-state index in [2.05, 4.69) is 31.2 Å². The molecule has 0 spiro atoms. The van der Waals surface area contributed by atoms with E-state index in [-0.39, 0.29) is 6.10 Å². The van der Waals surface area contributed by atoms with Crippen LogP contribution in [-0.2, 0) is 0 Å². The predicted octanol–water partition coefficient (Wildman–Crippen LogP) is 4.51. The zero-order valence-electron chi connectivity index (χ0n) is 11.5. The maximum atomic E-state index is 10.7. The van der Waals surface area contributed by atoms with Gasteiger partial charge in [0.1, 0.15) is 0 Å². The number of aliphatic hydroxyl groups excluding tert-OH is 1. The molecule has 1 heteroatoms. The molecular formula is C17H26O. The Morgan fingerprint density at radius 1 is 1.06 bits per heavy atom. The molecule has 1 aromatic rings. The van der Waals surface area contributed by atoms with Gasteiger partial charge >= 0.3 is 0 Å². The Balaban J connectivity index is 2.06. The second-order valence-electron chi connectivity index (χ2n) is 5.67. The minimum absolute atomic E-state index is 0.157. The van der Waals surface area contributed by atoms with Crippen LogP contribution >= 0.6 is 0 Å². The van der Waals surface area contributed by atoms with Crippen molar-refractivity contribution in [1.29, 1.82) is 0 Å². The van der Waals surface area contributed by atoms with E-state index in [1.54, 1.807) is 0 Å². The largest absolute Gasteiger partial charge is 0.392 e. The van der Waals surface area contributed by atoms with Crippen molar-refractivity contribution in [3.63, 3.8) is 0 Å². The molecule has 1 fully saturated rings. The highest BCUT2D eigenvalue weighted by Gasteiger charge is 2.27. The van der Waals surface area contributed by atoms with Crippen molar-refractivity contribution < 1.29 is 5.11 Å². The summed E-state index contributed by atoms with van der Waals surface area (Å²) in [6.45, 7) is 2.19. The number of hydrogen-bond donors (Lipinski definition) is 1. The summed E-state index contributed by atoms with van der Waals surface area (Å²) in [4.78, 5) is 0. The lowest BCUT2D eigenvalue weighted by atomic mass is 9.81. The van der Waals surface area contributed by atoms with E-state index < -0.39 is 0 Å². The number of aliphatic hydroxyl groups is 1. The van der Waals surface area contributed by atoms with Gasteiger partial charge in [-0.3, -0.25) is 0 Å². The molecule has 2 unspecified atom stereocenters. The second-order valence-corrected chi connectivity index (χ2v) is 5.67. The molecule has 1 N–H and O–H groups in total. The fraction of sp³-hybridized carbons (Fsp3) is 0.647. The highest BCUT2D eigenvalue weighted by molar-refractivity contribution is 5.20. The van der Waals surface area contributed by atoms with E-state index in [0.29, 0.717) is 11.8 Å². The van der Waals surface area contributed by atoms with Crippen LogP contribution in [0.5, 0.6) is 0 Å². The molecule has 0 amide bonds. The Hall–Kier alpha value is -0.820. The van der Waals surface area contributed by atoms with E-state index in [1.807, 2.05) is 6.07 Å². The highest BCUT2D eigenvalue weighted by Crippen LogP contribution is 2.34. The Bertz CT molecular complexity index is 325. The van der Waals surface area contributed by atoms with Gasteiger partial charge in [0.15, 0.2) is 0 Å².